The molecule has 5 nitrogen and oxygen atoms in total. The van der Waals surface area contributed by atoms with Gasteiger partial charge in [-0.3, -0.25) is 4.79 Å². The van der Waals surface area contributed by atoms with Gasteiger partial charge < -0.3 is 10.1 Å². The van der Waals surface area contributed by atoms with Gasteiger partial charge in [-0.25, -0.2) is 9.78 Å². The van der Waals surface area contributed by atoms with Crippen molar-refractivity contribution >= 4 is 23.2 Å². The second kappa shape index (κ2) is 7.02. The summed E-state index contributed by atoms with van der Waals surface area (Å²) in [5.41, 5.74) is 0.544. The average Bonchev–Trinajstić information content (AvgIpc) is 3.15. The van der Waals surface area contributed by atoms with Crippen LogP contribution in [-0.4, -0.2) is 30.0 Å². The van der Waals surface area contributed by atoms with Crippen molar-refractivity contribution in [3.05, 3.63) is 16.1 Å². The van der Waals surface area contributed by atoms with Crippen LogP contribution >= 0.6 is 11.3 Å². The van der Waals surface area contributed by atoms with E-state index in [2.05, 4.69) is 17.2 Å². The lowest BCUT2D eigenvalue weighted by Gasteiger charge is -2.27. The molecular weight excluding hydrogens is 288 g/mol. The molecule has 1 aromatic rings. The minimum absolute atomic E-state index is 0.207. The Balaban J connectivity index is 1.93. The lowest BCUT2D eigenvalue weighted by molar-refractivity contribution is 0.0526. The average molecular weight is 310 g/mol. The molecule has 2 rings (SSSR count). The van der Waals surface area contributed by atoms with E-state index in [1.54, 1.807) is 12.3 Å². The molecule has 1 aliphatic carbocycles. The summed E-state index contributed by atoms with van der Waals surface area (Å²) in [4.78, 5) is 27.7. The van der Waals surface area contributed by atoms with Crippen molar-refractivity contribution in [1.29, 1.82) is 0 Å². The van der Waals surface area contributed by atoms with Crippen LogP contribution in [-0.2, 0) is 4.74 Å². The molecule has 1 aromatic heterocycles. The number of carbonyl (C=O) groups excluding carboxylic acids is 2. The Kier molecular flexibility index (Phi) is 5.33. The number of carbonyl (C=O) groups is 2. The van der Waals surface area contributed by atoms with Gasteiger partial charge in [-0.05, 0) is 31.6 Å². The van der Waals surface area contributed by atoms with E-state index in [0.29, 0.717) is 18.8 Å². The third kappa shape index (κ3) is 3.81. The number of thiazole rings is 1. The molecule has 1 fully saturated rings. The van der Waals surface area contributed by atoms with Crippen LogP contribution in [0.4, 0.5) is 0 Å². The smallest absolute Gasteiger partial charge is 0.367 e. The Morgan fingerprint density at radius 1 is 1.38 bits per heavy atom. The van der Waals surface area contributed by atoms with Gasteiger partial charge in [-0.2, -0.15) is 0 Å². The number of nitrogens with one attached hydrogen (secondary N) is 1. The largest absolute Gasteiger partial charge is 0.461 e. The van der Waals surface area contributed by atoms with Gasteiger partial charge >= 0.3 is 5.97 Å². The minimum Gasteiger partial charge on any atom is -0.461 e. The molecule has 0 aromatic carbocycles. The fraction of sp³-hybridized carbons (Fsp3) is 0.667. The summed E-state index contributed by atoms with van der Waals surface area (Å²) in [5.74, 6) is -0.677. The van der Waals surface area contributed by atoms with E-state index in [1.807, 2.05) is 0 Å². The van der Waals surface area contributed by atoms with E-state index in [1.165, 1.54) is 25.7 Å². The molecule has 0 unspecified atom stereocenters. The predicted octanol–water partition coefficient (Wildman–Crippen LogP) is 3.02. The van der Waals surface area contributed by atoms with Crippen molar-refractivity contribution in [1.82, 2.24) is 10.3 Å². The second-order valence-corrected chi connectivity index (χ2v) is 6.36. The van der Waals surface area contributed by atoms with Gasteiger partial charge in [0.15, 0.2) is 0 Å². The monoisotopic (exact) mass is 310 g/mol. The first-order chi connectivity index (χ1) is 10.1. The van der Waals surface area contributed by atoms with Crippen molar-refractivity contribution in [3.8, 4) is 0 Å². The highest BCUT2D eigenvalue weighted by atomic mass is 32.1. The molecule has 1 aliphatic rings. The summed E-state index contributed by atoms with van der Waals surface area (Å²) in [6.07, 6.45) is 5.92. The summed E-state index contributed by atoms with van der Waals surface area (Å²) in [7, 11) is 0. The molecule has 21 heavy (non-hydrogen) atoms. The van der Waals surface area contributed by atoms with Crippen molar-refractivity contribution < 1.29 is 14.3 Å². The molecule has 0 bridgehead atoms. The van der Waals surface area contributed by atoms with Gasteiger partial charge in [0.05, 0.1) is 6.61 Å². The highest BCUT2D eigenvalue weighted by molar-refractivity contribution is 7.11. The summed E-state index contributed by atoms with van der Waals surface area (Å²) < 4.78 is 4.87. The van der Waals surface area contributed by atoms with Crippen LogP contribution in [0.25, 0.3) is 0 Å². The van der Waals surface area contributed by atoms with Crippen LogP contribution < -0.4 is 5.32 Å². The van der Waals surface area contributed by atoms with E-state index in [0.717, 1.165) is 17.8 Å². The van der Waals surface area contributed by atoms with Gasteiger partial charge in [-0.1, -0.05) is 19.8 Å². The fourth-order valence-corrected chi connectivity index (χ4v) is 3.49. The maximum absolute atomic E-state index is 12.1. The SMILES string of the molecule is CCOC(=O)c1nc(C(=O)NCC2(CC)CCCC2)cs1. The molecule has 0 spiro atoms. The number of hydrogen-bond donors (Lipinski definition) is 1. The molecule has 0 atom stereocenters. The van der Waals surface area contributed by atoms with E-state index < -0.39 is 5.97 Å². The summed E-state index contributed by atoms with van der Waals surface area (Å²) in [5, 5.41) is 4.81. The van der Waals surface area contributed by atoms with Crippen LogP contribution in [0.3, 0.4) is 0 Å². The standard InChI is InChI=1S/C15H22N2O3S/c1-3-15(7-5-6-8-15)10-16-12(18)11-9-21-13(17-11)14(19)20-4-2/h9H,3-8,10H2,1-2H3,(H,16,18). The third-order valence-corrected chi connectivity index (χ3v) is 5.05. The maximum atomic E-state index is 12.1. The molecule has 1 amide bonds. The molecular formula is C15H22N2O3S. The Bertz CT molecular complexity index is 507. The quantitative estimate of drug-likeness (QED) is 0.820. The molecule has 1 N–H and O–H groups in total. The van der Waals surface area contributed by atoms with Gasteiger partial charge in [0.1, 0.15) is 5.69 Å². The molecule has 1 heterocycles. The lowest BCUT2D eigenvalue weighted by atomic mass is 9.83. The molecule has 0 radical (unpaired) electrons. The van der Waals surface area contributed by atoms with Crippen molar-refractivity contribution in [2.24, 2.45) is 5.41 Å². The lowest BCUT2D eigenvalue weighted by Crippen LogP contribution is -2.35. The van der Waals surface area contributed by atoms with Crippen LogP contribution in [0.1, 0.15) is 66.2 Å². The Labute approximate surface area is 129 Å². The Morgan fingerprint density at radius 2 is 2.10 bits per heavy atom. The third-order valence-electron chi connectivity index (χ3n) is 4.23. The summed E-state index contributed by atoms with van der Waals surface area (Å²) in [6.45, 7) is 4.91. The molecule has 0 aliphatic heterocycles. The normalized spacial score (nSPS) is 16.7. The number of aromatic nitrogens is 1. The fourth-order valence-electron chi connectivity index (χ4n) is 2.80. The number of nitrogens with zero attached hydrogens (tertiary/aromatic N) is 1. The second-order valence-electron chi connectivity index (χ2n) is 5.50. The molecule has 1 saturated carbocycles. The van der Waals surface area contributed by atoms with Gasteiger partial charge in [0, 0.05) is 11.9 Å². The van der Waals surface area contributed by atoms with Crippen LogP contribution in [0.5, 0.6) is 0 Å². The number of ether oxygens (including phenoxy) is 1. The minimum atomic E-state index is -0.470. The predicted molar refractivity (Wildman–Crippen MR) is 81.6 cm³/mol. The zero-order valence-corrected chi connectivity index (χ0v) is 13.4. The van der Waals surface area contributed by atoms with Crippen LogP contribution in [0, 0.1) is 5.41 Å². The number of esters is 1. The Morgan fingerprint density at radius 3 is 2.71 bits per heavy atom. The van der Waals surface area contributed by atoms with Gasteiger partial charge in [-0.15, -0.1) is 11.3 Å². The van der Waals surface area contributed by atoms with Crippen molar-refractivity contribution in [2.45, 2.75) is 46.0 Å². The number of rotatable bonds is 6. The van der Waals surface area contributed by atoms with Gasteiger partial charge in [0.25, 0.3) is 5.91 Å². The number of hydrogen-bond acceptors (Lipinski definition) is 5. The van der Waals surface area contributed by atoms with Crippen LogP contribution in [0.15, 0.2) is 5.38 Å². The van der Waals surface area contributed by atoms with E-state index in [9.17, 15) is 9.59 Å². The first-order valence-corrected chi connectivity index (χ1v) is 8.39. The zero-order valence-electron chi connectivity index (χ0n) is 12.6. The molecule has 6 heteroatoms. The van der Waals surface area contributed by atoms with Crippen molar-refractivity contribution in [2.75, 3.05) is 13.2 Å². The zero-order chi connectivity index (χ0) is 15.3. The highest BCUT2D eigenvalue weighted by Crippen LogP contribution is 2.40. The first kappa shape index (κ1) is 15.9. The number of amides is 1. The van der Waals surface area contributed by atoms with Gasteiger partial charge in [0.2, 0.25) is 5.01 Å². The Hall–Kier alpha value is -1.43. The molecule has 0 saturated heterocycles. The van der Waals surface area contributed by atoms with Crippen LogP contribution in [0.2, 0.25) is 0 Å². The van der Waals surface area contributed by atoms with Crippen molar-refractivity contribution in [3.63, 3.8) is 0 Å². The summed E-state index contributed by atoms with van der Waals surface area (Å²) >= 11 is 1.14. The molecule has 116 valence electrons. The summed E-state index contributed by atoms with van der Waals surface area (Å²) in [6, 6.07) is 0. The highest BCUT2D eigenvalue weighted by Gasteiger charge is 2.32. The maximum Gasteiger partial charge on any atom is 0.367 e. The van der Waals surface area contributed by atoms with E-state index in [4.69, 9.17) is 4.74 Å². The van der Waals surface area contributed by atoms with E-state index in [-0.39, 0.29) is 16.3 Å². The first-order valence-electron chi connectivity index (χ1n) is 7.51. The van der Waals surface area contributed by atoms with E-state index >= 15 is 0 Å². The topological polar surface area (TPSA) is 68.3 Å².